The second-order valence-corrected chi connectivity index (χ2v) is 5.86. The Labute approximate surface area is 147 Å². The number of aliphatic imine (C=N–C) groups is 1. The molecule has 0 radical (unpaired) electrons. The van der Waals surface area contributed by atoms with Crippen LogP contribution in [0.2, 0.25) is 0 Å². The second-order valence-electron chi connectivity index (χ2n) is 5.86. The second kappa shape index (κ2) is 7.18. The molecule has 1 N–H and O–H groups in total. The van der Waals surface area contributed by atoms with Crippen molar-refractivity contribution >= 4 is 33.9 Å². The van der Waals surface area contributed by atoms with Crippen molar-refractivity contribution in [3.05, 3.63) is 72.3 Å². The minimum absolute atomic E-state index is 0.107. The average Bonchev–Trinajstić information content (AvgIpc) is 2.66. The van der Waals surface area contributed by atoms with Crippen LogP contribution in [-0.4, -0.2) is 25.8 Å². The molecule has 126 valence electrons. The van der Waals surface area contributed by atoms with E-state index in [-0.39, 0.29) is 5.91 Å². The van der Waals surface area contributed by atoms with Gasteiger partial charge in [-0.05, 0) is 48.0 Å². The molecule has 1 amide bonds. The molecule has 0 fully saturated rings. The van der Waals surface area contributed by atoms with Crippen LogP contribution in [0, 0.1) is 0 Å². The number of nitrogens with one attached hydrogen (secondary N) is 1. The van der Waals surface area contributed by atoms with Gasteiger partial charge >= 0.3 is 0 Å². The van der Waals surface area contributed by atoms with Crippen molar-refractivity contribution in [2.24, 2.45) is 4.99 Å². The molecule has 3 rings (SSSR count). The molecule has 3 aromatic carbocycles. The third-order valence-corrected chi connectivity index (χ3v) is 4.36. The Balaban J connectivity index is 1.81. The lowest BCUT2D eigenvalue weighted by Crippen LogP contribution is -2.23. The van der Waals surface area contributed by atoms with Crippen LogP contribution in [0.1, 0.15) is 17.3 Å². The Hall–Kier alpha value is -3.14. The smallest absolute Gasteiger partial charge is 0.256 e. The zero-order valence-electron chi connectivity index (χ0n) is 14.7. The summed E-state index contributed by atoms with van der Waals surface area (Å²) < 4.78 is 0. The van der Waals surface area contributed by atoms with E-state index in [4.69, 9.17) is 0 Å². The predicted molar refractivity (Wildman–Crippen MR) is 106 cm³/mol. The number of benzene rings is 3. The van der Waals surface area contributed by atoms with Crippen molar-refractivity contribution < 1.29 is 4.79 Å². The molecule has 0 aliphatic rings. The normalized spacial score (nSPS) is 11.4. The predicted octanol–water partition coefficient (Wildman–Crippen LogP) is 4.58. The van der Waals surface area contributed by atoms with E-state index < -0.39 is 0 Å². The molecule has 0 aromatic heterocycles. The van der Waals surface area contributed by atoms with E-state index >= 15 is 0 Å². The van der Waals surface area contributed by atoms with Crippen LogP contribution < -0.4 is 10.2 Å². The molecular weight excluding hydrogens is 310 g/mol. The van der Waals surface area contributed by atoms with Gasteiger partial charge in [0.15, 0.2) is 0 Å². The van der Waals surface area contributed by atoms with Gasteiger partial charge in [-0.15, -0.1) is 0 Å². The summed E-state index contributed by atoms with van der Waals surface area (Å²) in [6.07, 6.45) is 0. The minimum Gasteiger partial charge on any atom is -0.334 e. The Morgan fingerprint density at radius 1 is 0.960 bits per heavy atom. The number of nitrogens with zero attached hydrogens (tertiary/aromatic N) is 2. The van der Waals surface area contributed by atoms with E-state index in [1.54, 1.807) is 7.05 Å². The monoisotopic (exact) mass is 331 g/mol. The van der Waals surface area contributed by atoms with Gasteiger partial charge in [-0.1, -0.05) is 36.4 Å². The molecule has 0 aliphatic heterocycles. The summed E-state index contributed by atoms with van der Waals surface area (Å²) in [7, 11) is 3.73. The van der Waals surface area contributed by atoms with Gasteiger partial charge in [0.1, 0.15) is 0 Å². The van der Waals surface area contributed by atoms with E-state index in [1.165, 1.54) is 0 Å². The molecule has 0 unspecified atom stereocenters. The Morgan fingerprint density at radius 2 is 1.64 bits per heavy atom. The maximum Gasteiger partial charge on any atom is 0.256 e. The van der Waals surface area contributed by atoms with Crippen molar-refractivity contribution in [1.82, 2.24) is 0 Å². The zero-order chi connectivity index (χ0) is 17.8. The van der Waals surface area contributed by atoms with Crippen molar-refractivity contribution in [2.75, 3.05) is 24.3 Å². The standard InChI is InChI=1S/C21H21N3O/c1-15(22-2)24(3)18-13-11-17(12-14-18)23-21(25)20-10-6-8-16-7-4-5-9-19(16)20/h4-14H,1-3H3,(H,23,25). The van der Waals surface area contributed by atoms with Crippen molar-refractivity contribution in [3.8, 4) is 0 Å². The average molecular weight is 331 g/mol. The van der Waals surface area contributed by atoms with E-state index in [9.17, 15) is 4.79 Å². The summed E-state index contributed by atoms with van der Waals surface area (Å²) in [6.45, 7) is 1.95. The third kappa shape index (κ3) is 3.53. The molecule has 4 heteroatoms. The highest BCUT2D eigenvalue weighted by Crippen LogP contribution is 2.21. The Morgan fingerprint density at radius 3 is 2.36 bits per heavy atom. The number of anilines is 2. The fourth-order valence-corrected chi connectivity index (χ4v) is 2.73. The van der Waals surface area contributed by atoms with Gasteiger partial charge in [0.05, 0.1) is 5.84 Å². The Bertz CT molecular complexity index is 924. The molecule has 4 nitrogen and oxygen atoms in total. The molecule has 0 saturated carbocycles. The maximum absolute atomic E-state index is 12.7. The van der Waals surface area contributed by atoms with Gasteiger partial charge in [0.2, 0.25) is 0 Å². The molecule has 0 aliphatic carbocycles. The quantitative estimate of drug-likeness (QED) is 0.564. The molecule has 0 saturated heterocycles. The van der Waals surface area contributed by atoms with Crippen LogP contribution in [0.15, 0.2) is 71.7 Å². The van der Waals surface area contributed by atoms with Crippen molar-refractivity contribution in [2.45, 2.75) is 6.92 Å². The van der Waals surface area contributed by atoms with Gasteiger partial charge in [-0.25, -0.2) is 0 Å². The molecule has 0 heterocycles. The van der Waals surface area contributed by atoms with E-state index in [2.05, 4.69) is 10.3 Å². The number of rotatable bonds is 3. The number of fused-ring (bicyclic) bond motifs is 1. The number of carbonyl (C=O) groups is 1. The van der Waals surface area contributed by atoms with Crippen LogP contribution >= 0.6 is 0 Å². The first kappa shape index (κ1) is 16.7. The molecule has 25 heavy (non-hydrogen) atoms. The molecule has 0 atom stereocenters. The van der Waals surface area contributed by atoms with Gasteiger partial charge in [0.25, 0.3) is 5.91 Å². The lowest BCUT2D eigenvalue weighted by Gasteiger charge is -2.18. The highest BCUT2D eigenvalue weighted by atomic mass is 16.1. The largest absolute Gasteiger partial charge is 0.334 e. The summed E-state index contributed by atoms with van der Waals surface area (Å²) in [4.78, 5) is 18.8. The number of hydrogen-bond donors (Lipinski definition) is 1. The number of amides is 1. The maximum atomic E-state index is 12.7. The van der Waals surface area contributed by atoms with Gasteiger partial charge < -0.3 is 10.2 Å². The number of carbonyl (C=O) groups excluding carboxylic acids is 1. The highest BCUT2D eigenvalue weighted by molar-refractivity contribution is 6.13. The molecule has 0 spiro atoms. The summed E-state index contributed by atoms with van der Waals surface area (Å²) in [5.41, 5.74) is 2.46. The summed E-state index contributed by atoms with van der Waals surface area (Å²) in [5.74, 6) is 0.816. The fourth-order valence-electron chi connectivity index (χ4n) is 2.73. The van der Waals surface area contributed by atoms with E-state index in [0.29, 0.717) is 5.56 Å². The van der Waals surface area contributed by atoms with E-state index in [1.807, 2.05) is 85.6 Å². The van der Waals surface area contributed by atoms with Gasteiger partial charge in [-0.2, -0.15) is 0 Å². The summed E-state index contributed by atoms with van der Waals surface area (Å²) in [6, 6.07) is 21.4. The van der Waals surface area contributed by atoms with Gasteiger partial charge in [-0.3, -0.25) is 9.79 Å². The first-order chi connectivity index (χ1) is 12.1. The first-order valence-electron chi connectivity index (χ1n) is 8.16. The van der Waals surface area contributed by atoms with Crippen molar-refractivity contribution in [1.29, 1.82) is 0 Å². The summed E-state index contributed by atoms with van der Waals surface area (Å²) in [5, 5.41) is 4.98. The number of amidine groups is 1. The summed E-state index contributed by atoms with van der Waals surface area (Å²) >= 11 is 0. The Kier molecular flexibility index (Phi) is 4.80. The van der Waals surface area contributed by atoms with Crippen LogP contribution in [-0.2, 0) is 0 Å². The van der Waals surface area contributed by atoms with Crippen LogP contribution in [0.25, 0.3) is 10.8 Å². The lowest BCUT2D eigenvalue weighted by molar-refractivity contribution is 0.102. The fraction of sp³-hybridized carbons (Fsp3) is 0.143. The van der Waals surface area contributed by atoms with Gasteiger partial charge in [0, 0.05) is 31.0 Å². The van der Waals surface area contributed by atoms with Crippen LogP contribution in [0.5, 0.6) is 0 Å². The third-order valence-electron chi connectivity index (χ3n) is 4.36. The lowest BCUT2D eigenvalue weighted by atomic mass is 10.0. The molecule has 3 aromatic rings. The SMILES string of the molecule is CN=C(C)N(C)c1ccc(NC(=O)c2cccc3ccccc23)cc1. The van der Waals surface area contributed by atoms with Crippen LogP contribution in [0.4, 0.5) is 11.4 Å². The van der Waals surface area contributed by atoms with Crippen LogP contribution in [0.3, 0.4) is 0 Å². The topological polar surface area (TPSA) is 44.7 Å². The van der Waals surface area contributed by atoms with Crippen molar-refractivity contribution in [3.63, 3.8) is 0 Å². The molecule has 0 bridgehead atoms. The molecular formula is C21H21N3O. The number of hydrogen-bond acceptors (Lipinski definition) is 2. The highest BCUT2D eigenvalue weighted by Gasteiger charge is 2.10. The zero-order valence-corrected chi connectivity index (χ0v) is 14.7. The first-order valence-corrected chi connectivity index (χ1v) is 8.16. The van der Waals surface area contributed by atoms with E-state index in [0.717, 1.165) is 28.0 Å². The minimum atomic E-state index is -0.107.